The number of rotatable bonds is 3. The second-order valence-electron chi connectivity index (χ2n) is 5.34. The Bertz CT molecular complexity index is 644. The molecule has 0 radical (unpaired) electrons. The number of aliphatic imine (C=N–C) groups is 1. The second kappa shape index (κ2) is 6.27. The minimum absolute atomic E-state index is 0.130. The number of carbonyl (C=O) groups excluding carboxylic acids is 1. The van der Waals surface area contributed by atoms with Crippen LogP contribution in [0.25, 0.3) is 0 Å². The Labute approximate surface area is 128 Å². The normalized spacial score (nSPS) is 20.9. The molecule has 1 aromatic carbocycles. The molecule has 0 saturated heterocycles. The number of furan rings is 1. The summed E-state index contributed by atoms with van der Waals surface area (Å²) in [4.78, 5) is 16.5. The standard InChI is InChI=1S/C17H16ClNO2/c18-14-5-3-12(4-6-14)11-19-15-8-13(9-16(20)10-15)17-2-1-7-21-17/h1-7,13H,8-11H2/t13-/m1/s1. The van der Waals surface area contributed by atoms with Crippen molar-refractivity contribution in [2.45, 2.75) is 31.7 Å². The molecule has 0 spiro atoms. The summed E-state index contributed by atoms with van der Waals surface area (Å²) in [6.45, 7) is 0.588. The van der Waals surface area contributed by atoms with Crippen molar-refractivity contribution in [1.82, 2.24) is 0 Å². The van der Waals surface area contributed by atoms with Gasteiger partial charge < -0.3 is 4.42 Å². The molecular formula is C17H16ClNO2. The lowest BCUT2D eigenvalue weighted by Gasteiger charge is -2.20. The number of hydrogen-bond donors (Lipinski definition) is 0. The Hall–Kier alpha value is -1.87. The van der Waals surface area contributed by atoms with E-state index in [2.05, 4.69) is 4.99 Å². The SMILES string of the molecule is O=C1CC(=NCc2ccc(Cl)cc2)C[C@@H](c2ccco2)C1. The average Bonchev–Trinajstić information content (AvgIpc) is 3.00. The summed E-state index contributed by atoms with van der Waals surface area (Å²) in [6.07, 6.45) is 3.46. The van der Waals surface area contributed by atoms with Crippen molar-refractivity contribution in [2.75, 3.05) is 0 Å². The number of benzene rings is 1. The molecule has 0 aliphatic heterocycles. The number of carbonyl (C=O) groups is 1. The molecule has 1 saturated carbocycles. The minimum atomic E-state index is 0.130. The zero-order chi connectivity index (χ0) is 14.7. The van der Waals surface area contributed by atoms with Crippen LogP contribution < -0.4 is 0 Å². The molecule has 2 aromatic rings. The van der Waals surface area contributed by atoms with Crippen LogP contribution in [0.4, 0.5) is 0 Å². The van der Waals surface area contributed by atoms with Gasteiger partial charge in [-0.15, -0.1) is 0 Å². The molecule has 0 N–H and O–H groups in total. The van der Waals surface area contributed by atoms with Crippen LogP contribution in [0.15, 0.2) is 52.1 Å². The predicted octanol–water partition coefficient (Wildman–Crippen LogP) is 4.41. The number of hydrogen-bond acceptors (Lipinski definition) is 3. The largest absolute Gasteiger partial charge is 0.469 e. The molecule has 1 fully saturated rings. The van der Waals surface area contributed by atoms with Gasteiger partial charge in [-0.1, -0.05) is 23.7 Å². The van der Waals surface area contributed by atoms with Crippen LogP contribution in [-0.4, -0.2) is 11.5 Å². The highest BCUT2D eigenvalue weighted by molar-refractivity contribution is 6.30. The van der Waals surface area contributed by atoms with Gasteiger partial charge in [-0.3, -0.25) is 9.79 Å². The van der Waals surface area contributed by atoms with Crippen molar-refractivity contribution < 1.29 is 9.21 Å². The molecule has 0 amide bonds. The zero-order valence-corrected chi connectivity index (χ0v) is 12.3. The van der Waals surface area contributed by atoms with E-state index in [1.165, 1.54) is 0 Å². The van der Waals surface area contributed by atoms with E-state index in [9.17, 15) is 4.79 Å². The van der Waals surface area contributed by atoms with Crippen LogP contribution >= 0.6 is 11.6 Å². The topological polar surface area (TPSA) is 42.6 Å². The molecule has 4 heteroatoms. The van der Waals surface area contributed by atoms with Gasteiger partial charge in [0.1, 0.15) is 11.5 Å². The molecular weight excluding hydrogens is 286 g/mol. The van der Waals surface area contributed by atoms with Gasteiger partial charge in [0.05, 0.1) is 12.8 Å². The van der Waals surface area contributed by atoms with E-state index < -0.39 is 0 Å². The van der Waals surface area contributed by atoms with Crippen molar-refractivity contribution >= 4 is 23.1 Å². The third kappa shape index (κ3) is 3.61. The first-order valence-corrected chi connectivity index (χ1v) is 7.40. The summed E-state index contributed by atoms with van der Waals surface area (Å²) in [5.41, 5.74) is 2.06. The van der Waals surface area contributed by atoms with Crippen LogP contribution in [-0.2, 0) is 11.3 Å². The molecule has 0 bridgehead atoms. The van der Waals surface area contributed by atoms with Gasteiger partial charge in [0.15, 0.2) is 0 Å². The first-order chi connectivity index (χ1) is 10.2. The number of halogens is 1. The van der Waals surface area contributed by atoms with E-state index >= 15 is 0 Å². The quantitative estimate of drug-likeness (QED) is 0.842. The summed E-state index contributed by atoms with van der Waals surface area (Å²) < 4.78 is 5.42. The van der Waals surface area contributed by atoms with Crippen LogP contribution in [0.1, 0.15) is 36.5 Å². The third-order valence-corrected chi connectivity index (χ3v) is 3.95. The first-order valence-electron chi connectivity index (χ1n) is 7.02. The molecule has 1 atom stereocenters. The highest BCUT2D eigenvalue weighted by Crippen LogP contribution is 2.30. The smallest absolute Gasteiger partial charge is 0.139 e. The first kappa shape index (κ1) is 14.1. The van der Waals surface area contributed by atoms with Gasteiger partial charge in [0, 0.05) is 29.5 Å². The summed E-state index contributed by atoms with van der Waals surface area (Å²) in [6, 6.07) is 11.4. The summed E-state index contributed by atoms with van der Waals surface area (Å²) >= 11 is 5.86. The van der Waals surface area contributed by atoms with E-state index in [1.54, 1.807) is 6.26 Å². The molecule has 108 valence electrons. The van der Waals surface area contributed by atoms with Gasteiger partial charge in [-0.2, -0.15) is 0 Å². The van der Waals surface area contributed by atoms with Gasteiger partial charge in [-0.05, 0) is 36.2 Å². The molecule has 0 unspecified atom stereocenters. The van der Waals surface area contributed by atoms with E-state index in [-0.39, 0.29) is 11.7 Å². The Morgan fingerprint density at radius 1 is 1.19 bits per heavy atom. The minimum Gasteiger partial charge on any atom is -0.469 e. The van der Waals surface area contributed by atoms with E-state index in [0.29, 0.717) is 19.4 Å². The Morgan fingerprint density at radius 2 is 2.00 bits per heavy atom. The van der Waals surface area contributed by atoms with Crippen LogP contribution in [0, 0.1) is 0 Å². The molecule has 21 heavy (non-hydrogen) atoms. The third-order valence-electron chi connectivity index (χ3n) is 3.70. The molecule has 1 aliphatic rings. The lowest BCUT2D eigenvalue weighted by molar-refractivity contribution is -0.118. The van der Waals surface area contributed by atoms with Gasteiger partial charge in [-0.25, -0.2) is 0 Å². The lowest BCUT2D eigenvalue weighted by Crippen LogP contribution is -2.21. The Kier molecular flexibility index (Phi) is 4.20. The van der Waals surface area contributed by atoms with E-state index in [4.69, 9.17) is 16.0 Å². The zero-order valence-electron chi connectivity index (χ0n) is 11.6. The average molecular weight is 302 g/mol. The summed E-state index contributed by atoms with van der Waals surface area (Å²) in [5.74, 6) is 1.24. The monoisotopic (exact) mass is 301 g/mol. The van der Waals surface area contributed by atoms with E-state index in [0.717, 1.165) is 28.5 Å². The van der Waals surface area contributed by atoms with Crippen molar-refractivity contribution in [3.63, 3.8) is 0 Å². The van der Waals surface area contributed by atoms with Gasteiger partial charge in [0.25, 0.3) is 0 Å². The maximum absolute atomic E-state index is 11.9. The molecule has 1 aromatic heterocycles. The molecule has 1 heterocycles. The summed E-state index contributed by atoms with van der Waals surface area (Å²) in [7, 11) is 0. The van der Waals surface area contributed by atoms with Crippen LogP contribution in [0.2, 0.25) is 5.02 Å². The lowest BCUT2D eigenvalue weighted by atomic mass is 9.85. The van der Waals surface area contributed by atoms with Crippen molar-refractivity contribution in [1.29, 1.82) is 0 Å². The van der Waals surface area contributed by atoms with Gasteiger partial charge in [0.2, 0.25) is 0 Å². The number of Topliss-reactive ketones (excluding diaryl/α,β-unsaturated/α-hetero) is 1. The Morgan fingerprint density at radius 3 is 2.71 bits per heavy atom. The van der Waals surface area contributed by atoms with Crippen LogP contribution in [0.3, 0.4) is 0 Å². The Balaban J connectivity index is 1.70. The predicted molar refractivity (Wildman–Crippen MR) is 82.9 cm³/mol. The van der Waals surface area contributed by atoms with Crippen LogP contribution in [0.5, 0.6) is 0 Å². The highest BCUT2D eigenvalue weighted by atomic mass is 35.5. The molecule has 3 rings (SSSR count). The number of ketones is 1. The van der Waals surface area contributed by atoms with Crippen molar-refractivity contribution in [3.05, 3.63) is 59.0 Å². The maximum atomic E-state index is 11.9. The molecule has 3 nitrogen and oxygen atoms in total. The second-order valence-corrected chi connectivity index (χ2v) is 5.78. The van der Waals surface area contributed by atoms with Crippen molar-refractivity contribution in [2.24, 2.45) is 4.99 Å². The fourth-order valence-electron chi connectivity index (χ4n) is 2.64. The summed E-state index contributed by atoms with van der Waals surface area (Å²) in [5, 5.41) is 0.720. The fraction of sp³-hybridized carbons (Fsp3) is 0.294. The van der Waals surface area contributed by atoms with E-state index in [1.807, 2.05) is 36.4 Å². The highest BCUT2D eigenvalue weighted by Gasteiger charge is 2.26. The van der Waals surface area contributed by atoms with Gasteiger partial charge >= 0.3 is 0 Å². The van der Waals surface area contributed by atoms with Crippen molar-refractivity contribution in [3.8, 4) is 0 Å². The number of nitrogens with zero attached hydrogens (tertiary/aromatic N) is 1. The maximum Gasteiger partial charge on any atom is 0.139 e. The molecule has 1 aliphatic carbocycles. The fourth-order valence-corrected chi connectivity index (χ4v) is 2.77.